The van der Waals surface area contributed by atoms with E-state index in [9.17, 15) is 19.3 Å². The molecule has 6 nitrogen and oxygen atoms in total. The Balaban J connectivity index is 1.77. The molecular weight excluding hydrogens is 393 g/mol. The fraction of sp³-hybridized carbons (Fsp3) is 0.111. The van der Waals surface area contributed by atoms with E-state index in [1.165, 1.54) is 41.7 Å². The molecule has 1 heterocycles. The summed E-state index contributed by atoms with van der Waals surface area (Å²) in [4.78, 5) is 27.7. The van der Waals surface area contributed by atoms with Crippen molar-refractivity contribution in [2.24, 2.45) is 0 Å². The van der Waals surface area contributed by atoms with Crippen LogP contribution in [-0.2, 0) is 6.42 Å². The molecule has 0 bridgehead atoms. The Bertz CT molecular complexity index is 1020. The summed E-state index contributed by atoms with van der Waals surface area (Å²) in [6.45, 7) is 1.71. The number of hydrogen-bond acceptors (Lipinski definition) is 5. The minimum absolute atomic E-state index is 0.00597. The smallest absolute Gasteiger partial charge is 0.289 e. The fourth-order valence-corrected chi connectivity index (χ4v) is 3.61. The van der Waals surface area contributed by atoms with Gasteiger partial charge in [-0.05, 0) is 36.8 Å². The Morgan fingerprint density at radius 3 is 2.67 bits per heavy atom. The van der Waals surface area contributed by atoms with Gasteiger partial charge >= 0.3 is 0 Å². The van der Waals surface area contributed by atoms with Gasteiger partial charge in [-0.25, -0.2) is 9.37 Å². The maximum Gasteiger partial charge on any atom is 0.289 e. The lowest BCUT2D eigenvalue weighted by molar-refractivity contribution is -0.384. The number of hydrogen-bond donors (Lipinski definition) is 1. The lowest BCUT2D eigenvalue weighted by atomic mass is 10.1. The van der Waals surface area contributed by atoms with E-state index < -0.39 is 10.8 Å². The van der Waals surface area contributed by atoms with Crippen LogP contribution >= 0.6 is 22.9 Å². The summed E-state index contributed by atoms with van der Waals surface area (Å²) in [6, 6.07) is 10.1. The molecule has 0 saturated heterocycles. The molecule has 1 aromatic heterocycles. The van der Waals surface area contributed by atoms with E-state index in [1.54, 1.807) is 19.1 Å². The van der Waals surface area contributed by atoms with Gasteiger partial charge in [-0.2, -0.15) is 0 Å². The summed E-state index contributed by atoms with van der Waals surface area (Å²) in [5.41, 5.74) is 1.42. The standard InChI is InChI=1S/C18H13ClFN3O3S/c1-10-17(27-16(21-10)8-11-2-4-12(20)5-3-11)18(24)22-13-6-7-14(19)15(9-13)23(25)26/h2-7,9H,8H2,1H3,(H,22,24). The van der Waals surface area contributed by atoms with Crippen molar-refractivity contribution in [3.63, 3.8) is 0 Å². The van der Waals surface area contributed by atoms with E-state index in [0.29, 0.717) is 22.0 Å². The quantitative estimate of drug-likeness (QED) is 0.478. The zero-order valence-corrected chi connectivity index (χ0v) is 15.6. The third-order valence-electron chi connectivity index (χ3n) is 3.72. The van der Waals surface area contributed by atoms with Gasteiger partial charge in [0.15, 0.2) is 0 Å². The highest BCUT2D eigenvalue weighted by molar-refractivity contribution is 7.14. The van der Waals surface area contributed by atoms with Gasteiger partial charge in [0, 0.05) is 18.2 Å². The second-order valence-electron chi connectivity index (χ2n) is 5.70. The molecule has 0 unspecified atom stereocenters. The molecule has 2 aromatic carbocycles. The number of nitro groups is 1. The number of rotatable bonds is 5. The van der Waals surface area contributed by atoms with E-state index in [4.69, 9.17) is 11.6 Å². The van der Waals surface area contributed by atoms with Crippen LogP contribution in [0, 0.1) is 22.9 Å². The number of aryl methyl sites for hydroxylation is 1. The Morgan fingerprint density at radius 1 is 1.30 bits per heavy atom. The molecule has 0 spiro atoms. The molecular formula is C18H13ClFN3O3S. The summed E-state index contributed by atoms with van der Waals surface area (Å²) in [5, 5.41) is 14.3. The van der Waals surface area contributed by atoms with Gasteiger partial charge in [0.2, 0.25) is 0 Å². The lowest BCUT2D eigenvalue weighted by Gasteiger charge is -2.04. The number of aromatic nitrogens is 1. The van der Waals surface area contributed by atoms with Crippen LogP contribution < -0.4 is 5.32 Å². The molecule has 138 valence electrons. The van der Waals surface area contributed by atoms with E-state index in [-0.39, 0.29) is 22.2 Å². The van der Waals surface area contributed by atoms with Gasteiger partial charge in [-0.15, -0.1) is 11.3 Å². The number of thiazole rings is 1. The highest BCUT2D eigenvalue weighted by Crippen LogP contribution is 2.28. The monoisotopic (exact) mass is 405 g/mol. The summed E-state index contributed by atoms with van der Waals surface area (Å²) < 4.78 is 13.0. The van der Waals surface area contributed by atoms with Crippen molar-refractivity contribution in [1.29, 1.82) is 0 Å². The predicted molar refractivity (Wildman–Crippen MR) is 102 cm³/mol. The van der Waals surface area contributed by atoms with Crippen molar-refractivity contribution >= 4 is 40.2 Å². The minimum atomic E-state index is -0.614. The van der Waals surface area contributed by atoms with Crippen LogP contribution in [-0.4, -0.2) is 15.8 Å². The third kappa shape index (κ3) is 4.47. The van der Waals surface area contributed by atoms with E-state index >= 15 is 0 Å². The minimum Gasteiger partial charge on any atom is -0.321 e. The molecule has 1 N–H and O–H groups in total. The molecule has 0 saturated carbocycles. The van der Waals surface area contributed by atoms with E-state index in [2.05, 4.69) is 10.3 Å². The largest absolute Gasteiger partial charge is 0.321 e. The van der Waals surface area contributed by atoms with E-state index in [1.807, 2.05) is 0 Å². The molecule has 0 fully saturated rings. The number of anilines is 1. The summed E-state index contributed by atoms with van der Waals surface area (Å²) >= 11 is 7.00. The molecule has 0 aliphatic carbocycles. The van der Waals surface area contributed by atoms with Gasteiger partial charge in [0.1, 0.15) is 15.7 Å². The van der Waals surface area contributed by atoms with E-state index in [0.717, 1.165) is 5.56 Å². The highest BCUT2D eigenvalue weighted by Gasteiger charge is 2.18. The summed E-state index contributed by atoms with van der Waals surface area (Å²) in [7, 11) is 0. The van der Waals surface area contributed by atoms with Crippen molar-refractivity contribution in [3.8, 4) is 0 Å². The number of amides is 1. The number of carbonyl (C=O) groups excluding carboxylic acids is 1. The zero-order chi connectivity index (χ0) is 19.6. The second kappa shape index (κ2) is 7.81. The Morgan fingerprint density at radius 2 is 2.00 bits per heavy atom. The van der Waals surface area contributed by atoms with Gasteiger partial charge in [-0.1, -0.05) is 23.7 Å². The van der Waals surface area contributed by atoms with Crippen LogP contribution in [0.5, 0.6) is 0 Å². The highest BCUT2D eigenvalue weighted by atomic mass is 35.5. The van der Waals surface area contributed by atoms with Crippen molar-refractivity contribution in [2.45, 2.75) is 13.3 Å². The molecule has 27 heavy (non-hydrogen) atoms. The Kier molecular flexibility index (Phi) is 5.48. The lowest BCUT2D eigenvalue weighted by Crippen LogP contribution is -2.11. The van der Waals surface area contributed by atoms with Crippen LogP contribution in [0.25, 0.3) is 0 Å². The van der Waals surface area contributed by atoms with Crippen molar-refractivity contribution in [2.75, 3.05) is 5.32 Å². The van der Waals surface area contributed by atoms with Crippen molar-refractivity contribution in [3.05, 3.63) is 84.6 Å². The first-order valence-corrected chi connectivity index (χ1v) is 8.99. The van der Waals surface area contributed by atoms with Crippen LogP contribution in [0.1, 0.15) is 25.9 Å². The molecule has 0 radical (unpaired) electrons. The molecule has 1 amide bonds. The molecule has 0 aliphatic heterocycles. The number of carbonyl (C=O) groups is 1. The maximum atomic E-state index is 13.0. The number of nitrogens with one attached hydrogen (secondary N) is 1. The Hall–Kier alpha value is -2.84. The molecule has 3 aromatic rings. The fourth-order valence-electron chi connectivity index (χ4n) is 2.43. The first-order chi connectivity index (χ1) is 12.8. The Labute approximate surface area is 162 Å². The van der Waals surface area contributed by atoms with Crippen molar-refractivity contribution < 1.29 is 14.1 Å². The van der Waals surface area contributed by atoms with Gasteiger partial charge < -0.3 is 5.32 Å². The number of halogens is 2. The first-order valence-electron chi connectivity index (χ1n) is 7.79. The predicted octanol–water partition coefficient (Wildman–Crippen LogP) is 5.00. The number of nitro benzene ring substituents is 1. The topological polar surface area (TPSA) is 85.1 Å². The summed E-state index contributed by atoms with van der Waals surface area (Å²) in [5.74, 6) is -0.724. The normalized spacial score (nSPS) is 10.6. The second-order valence-corrected chi connectivity index (χ2v) is 7.19. The molecule has 3 rings (SSSR count). The molecule has 9 heteroatoms. The molecule has 0 aliphatic rings. The van der Waals surface area contributed by atoms with Crippen LogP contribution in [0.2, 0.25) is 5.02 Å². The van der Waals surface area contributed by atoms with Gasteiger partial charge in [0.05, 0.1) is 15.6 Å². The maximum absolute atomic E-state index is 13.0. The average Bonchev–Trinajstić information content (AvgIpc) is 2.99. The average molecular weight is 406 g/mol. The van der Waals surface area contributed by atoms with Gasteiger partial charge in [-0.3, -0.25) is 14.9 Å². The SMILES string of the molecule is Cc1nc(Cc2ccc(F)cc2)sc1C(=O)Nc1ccc(Cl)c([N+](=O)[O-])c1. The van der Waals surface area contributed by atoms with Crippen LogP contribution in [0.15, 0.2) is 42.5 Å². The summed E-state index contributed by atoms with van der Waals surface area (Å²) in [6.07, 6.45) is 0.478. The first kappa shape index (κ1) is 18.9. The van der Waals surface area contributed by atoms with Crippen LogP contribution in [0.3, 0.4) is 0 Å². The van der Waals surface area contributed by atoms with Crippen molar-refractivity contribution in [1.82, 2.24) is 4.98 Å². The van der Waals surface area contributed by atoms with Crippen LogP contribution in [0.4, 0.5) is 15.8 Å². The number of benzene rings is 2. The number of nitrogens with zero attached hydrogens (tertiary/aromatic N) is 2. The third-order valence-corrected chi connectivity index (χ3v) is 5.19. The molecule has 0 atom stereocenters. The zero-order valence-electron chi connectivity index (χ0n) is 14.0. The van der Waals surface area contributed by atoms with Gasteiger partial charge in [0.25, 0.3) is 11.6 Å².